The summed E-state index contributed by atoms with van der Waals surface area (Å²) >= 11 is 4.45. The van der Waals surface area contributed by atoms with E-state index < -0.39 is 10.0 Å². The van der Waals surface area contributed by atoms with Crippen LogP contribution < -0.4 is 4.74 Å². The summed E-state index contributed by atoms with van der Waals surface area (Å²) in [6.45, 7) is 2.93. The lowest BCUT2D eigenvalue weighted by atomic mass is 10.1. The van der Waals surface area contributed by atoms with E-state index in [1.807, 2.05) is 6.92 Å². The SMILES string of the molecule is COc1cc(C(=O)N2CCN(S(=O)(=O)c3ccc(C)s3)CC2)cc(Br)c1O. The summed E-state index contributed by atoms with van der Waals surface area (Å²) < 4.78 is 32.6. The van der Waals surface area contributed by atoms with Crippen molar-refractivity contribution in [2.24, 2.45) is 0 Å². The van der Waals surface area contributed by atoms with Gasteiger partial charge in [0, 0.05) is 36.6 Å². The number of halogens is 1. The molecule has 1 fully saturated rings. The maximum absolute atomic E-state index is 12.8. The van der Waals surface area contributed by atoms with Crippen molar-refractivity contribution in [3.8, 4) is 11.5 Å². The van der Waals surface area contributed by atoms with Crippen LogP contribution >= 0.6 is 27.3 Å². The molecule has 0 radical (unpaired) electrons. The number of aromatic hydroxyl groups is 1. The van der Waals surface area contributed by atoms with Crippen molar-refractivity contribution in [3.63, 3.8) is 0 Å². The number of ether oxygens (including phenoxy) is 1. The smallest absolute Gasteiger partial charge is 0.254 e. The number of amides is 1. The van der Waals surface area contributed by atoms with Gasteiger partial charge >= 0.3 is 0 Å². The van der Waals surface area contributed by atoms with Crippen molar-refractivity contribution >= 4 is 43.2 Å². The van der Waals surface area contributed by atoms with Crippen LogP contribution in [0.25, 0.3) is 0 Å². The van der Waals surface area contributed by atoms with Crippen LogP contribution in [0.2, 0.25) is 0 Å². The number of benzene rings is 1. The monoisotopic (exact) mass is 474 g/mol. The third kappa shape index (κ3) is 3.98. The lowest BCUT2D eigenvalue weighted by Gasteiger charge is -2.33. The number of phenolic OH excluding ortho intramolecular Hbond substituents is 1. The van der Waals surface area contributed by atoms with Gasteiger partial charge in [-0.3, -0.25) is 4.79 Å². The van der Waals surface area contributed by atoms with Crippen LogP contribution in [-0.4, -0.2) is 61.9 Å². The largest absolute Gasteiger partial charge is 0.503 e. The normalized spacial score (nSPS) is 15.7. The Morgan fingerprint density at radius 1 is 1.22 bits per heavy atom. The average Bonchev–Trinajstić information content (AvgIpc) is 3.10. The molecule has 1 aromatic carbocycles. The predicted molar refractivity (Wildman–Crippen MR) is 106 cm³/mol. The highest BCUT2D eigenvalue weighted by Crippen LogP contribution is 2.35. The molecule has 1 aliphatic rings. The Hall–Kier alpha value is -1.62. The topological polar surface area (TPSA) is 87.2 Å². The van der Waals surface area contributed by atoms with Crippen LogP contribution in [0, 0.1) is 6.92 Å². The first-order chi connectivity index (χ1) is 12.7. The van der Waals surface area contributed by atoms with Crippen LogP contribution in [0.15, 0.2) is 32.9 Å². The maximum atomic E-state index is 12.8. The standard InChI is InChI=1S/C17H19BrN2O5S2/c1-11-3-4-15(26-11)27(23,24)20-7-5-19(6-8-20)17(22)12-9-13(18)16(21)14(10-12)25-2/h3-4,9-10,21H,5-8H2,1-2H3. The lowest BCUT2D eigenvalue weighted by molar-refractivity contribution is 0.0697. The highest BCUT2D eigenvalue weighted by Gasteiger charge is 2.31. The highest BCUT2D eigenvalue weighted by atomic mass is 79.9. The number of hydrogen-bond acceptors (Lipinski definition) is 6. The molecule has 0 bridgehead atoms. The third-order valence-corrected chi connectivity index (χ3v) is 8.30. The van der Waals surface area contributed by atoms with E-state index in [4.69, 9.17) is 4.74 Å². The molecule has 1 N–H and O–H groups in total. The Morgan fingerprint density at radius 2 is 1.89 bits per heavy atom. The van der Waals surface area contributed by atoms with Crippen molar-refractivity contribution in [1.29, 1.82) is 0 Å². The summed E-state index contributed by atoms with van der Waals surface area (Å²) in [6, 6.07) is 6.40. The number of carbonyl (C=O) groups excluding carboxylic acids is 1. The van der Waals surface area contributed by atoms with E-state index in [1.54, 1.807) is 17.0 Å². The fraction of sp³-hybridized carbons (Fsp3) is 0.353. The van der Waals surface area contributed by atoms with E-state index in [1.165, 1.54) is 34.9 Å². The molecule has 1 aliphatic heterocycles. The lowest BCUT2D eigenvalue weighted by Crippen LogP contribution is -2.50. The number of sulfonamides is 1. The van der Waals surface area contributed by atoms with E-state index in [0.717, 1.165) is 4.88 Å². The van der Waals surface area contributed by atoms with Gasteiger partial charge < -0.3 is 14.7 Å². The molecule has 3 rings (SSSR count). The van der Waals surface area contributed by atoms with Gasteiger partial charge in [-0.1, -0.05) is 0 Å². The fourth-order valence-corrected chi connectivity index (χ4v) is 6.15. The Balaban J connectivity index is 1.72. The fourth-order valence-electron chi connectivity index (χ4n) is 2.85. The first kappa shape index (κ1) is 20.1. The average molecular weight is 475 g/mol. The highest BCUT2D eigenvalue weighted by molar-refractivity contribution is 9.10. The Morgan fingerprint density at radius 3 is 2.44 bits per heavy atom. The van der Waals surface area contributed by atoms with Crippen molar-refractivity contribution in [2.75, 3.05) is 33.3 Å². The van der Waals surface area contributed by atoms with Gasteiger partial charge in [0.15, 0.2) is 11.5 Å². The number of thiophene rings is 1. The molecule has 7 nitrogen and oxygen atoms in total. The van der Waals surface area contributed by atoms with Gasteiger partial charge in [-0.2, -0.15) is 4.31 Å². The van der Waals surface area contributed by atoms with E-state index in [2.05, 4.69) is 15.9 Å². The second kappa shape index (κ2) is 7.78. The van der Waals surface area contributed by atoms with Crippen molar-refractivity contribution in [3.05, 3.63) is 39.2 Å². The van der Waals surface area contributed by atoms with Gasteiger partial charge in [-0.05, 0) is 47.1 Å². The molecular formula is C17H19BrN2O5S2. The number of carbonyl (C=O) groups is 1. The number of rotatable bonds is 4. The molecule has 1 amide bonds. The van der Waals surface area contributed by atoms with E-state index in [0.29, 0.717) is 27.3 Å². The molecule has 0 atom stereocenters. The van der Waals surface area contributed by atoms with Gasteiger partial charge in [0.2, 0.25) is 0 Å². The molecule has 146 valence electrons. The second-order valence-electron chi connectivity index (χ2n) is 6.07. The number of phenols is 1. The van der Waals surface area contributed by atoms with E-state index >= 15 is 0 Å². The molecule has 2 aromatic rings. The van der Waals surface area contributed by atoms with Crippen molar-refractivity contribution in [1.82, 2.24) is 9.21 Å². The van der Waals surface area contributed by atoms with Gasteiger partial charge in [-0.25, -0.2) is 8.42 Å². The van der Waals surface area contributed by atoms with Crippen molar-refractivity contribution < 1.29 is 23.1 Å². The number of nitrogens with zero attached hydrogens (tertiary/aromatic N) is 2. The Labute approximate surface area is 170 Å². The molecule has 27 heavy (non-hydrogen) atoms. The molecule has 0 saturated carbocycles. The Bertz CT molecular complexity index is 966. The first-order valence-corrected chi connectivity index (χ1v) is 11.2. The molecule has 10 heteroatoms. The number of hydrogen-bond donors (Lipinski definition) is 1. The van der Waals surface area contributed by atoms with Crippen LogP contribution in [0.3, 0.4) is 0 Å². The minimum atomic E-state index is -3.52. The molecule has 2 heterocycles. The van der Waals surface area contributed by atoms with Gasteiger partial charge in [0.1, 0.15) is 4.21 Å². The summed E-state index contributed by atoms with van der Waals surface area (Å²) in [5.74, 6) is -0.115. The van der Waals surface area contributed by atoms with Gasteiger partial charge in [0.25, 0.3) is 15.9 Å². The zero-order valence-electron chi connectivity index (χ0n) is 14.8. The molecule has 1 aromatic heterocycles. The number of aryl methyl sites for hydroxylation is 1. The number of piperazine rings is 1. The zero-order valence-corrected chi connectivity index (χ0v) is 18.0. The molecular weight excluding hydrogens is 456 g/mol. The predicted octanol–water partition coefficient (Wildman–Crippen LogP) is 2.68. The minimum Gasteiger partial charge on any atom is -0.503 e. The zero-order chi connectivity index (χ0) is 19.8. The molecule has 0 unspecified atom stereocenters. The van der Waals surface area contributed by atoms with Crippen LogP contribution in [0.1, 0.15) is 15.2 Å². The van der Waals surface area contributed by atoms with Gasteiger partial charge in [-0.15, -0.1) is 11.3 Å². The minimum absolute atomic E-state index is 0.0730. The summed E-state index contributed by atoms with van der Waals surface area (Å²) in [7, 11) is -2.12. The van der Waals surface area contributed by atoms with Crippen LogP contribution in [0.5, 0.6) is 11.5 Å². The second-order valence-corrected chi connectivity index (χ2v) is 10.4. The summed E-state index contributed by atoms with van der Waals surface area (Å²) in [5, 5.41) is 9.88. The Kier molecular flexibility index (Phi) is 5.80. The quantitative estimate of drug-likeness (QED) is 0.735. The van der Waals surface area contributed by atoms with Crippen LogP contribution in [0.4, 0.5) is 0 Å². The number of methoxy groups -OCH3 is 1. The molecule has 1 saturated heterocycles. The molecule has 0 spiro atoms. The van der Waals surface area contributed by atoms with Gasteiger partial charge in [0.05, 0.1) is 11.6 Å². The summed E-state index contributed by atoms with van der Waals surface area (Å²) in [6.07, 6.45) is 0. The van der Waals surface area contributed by atoms with Crippen molar-refractivity contribution in [2.45, 2.75) is 11.1 Å². The van der Waals surface area contributed by atoms with Crippen LogP contribution in [-0.2, 0) is 10.0 Å². The van der Waals surface area contributed by atoms with E-state index in [9.17, 15) is 18.3 Å². The molecule has 0 aliphatic carbocycles. The first-order valence-electron chi connectivity index (χ1n) is 8.16. The third-order valence-electron chi connectivity index (χ3n) is 4.33. The summed E-state index contributed by atoms with van der Waals surface area (Å²) in [5.41, 5.74) is 0.363. The maximum Gasteiger partial charge on any atom is 0.254 e. The van der Waals surface area contributed by atoms with E-state index in [-0.39, 0.29) is 30.5 Å². The summed E-state index contributed by atoms with van der Waals surface area (Å²) in [4.78, 5) is 15.3.